The molecule has 1 heterocycles. The Hall–Kier alpha value is -3.43. The molecule has 11 heteroatoms. The Morgan fingerprint density at radius 2 is 1.71 bits per heavy atom. The van der Waals surface area contributed by atoms with Crippen molar-refractivity contribution in [2.24, 2.45) is 5.16 Å². The van der Waals surface area contributed by atoms with Crippen molar-refractivity contribution in [1.82, 2.24) is 15.3 Å². The summed E-state index contributed by atoms with van der Waals surface area (Å²) in [5.74, 6) is -1.04. The Kier molecular flexibility index (Phi) is 7.22. The number of ether oxygens (including phenoxy) is 2. The van der Waals surface area contributed by atoms with E-state index in [9.17, 15) is 9.18 Å². The van der Waals surface area contributed by atoms with Crippen LogP contribution < -0.4 is 14.8 Å². The van der Waals surface area contributed by atoms with Crippen LogP contribution in [0.2, 0.25) is 10.0 Å². The van der Waals surface area contributed by atoms with Crippen molar-refractivity contribution < 1.29 is 23.5 Å². The van der Waals surface area contributed by atoms with Crippen LogP contribution in [-0.2, 0) is 9.63 Å². The molecule has 1 N–H and O–H groups in total. The summed E-state index contributed by atoms with van der Waals surface area (Å²) in [4.78, 5) is 24.8. The number of carbonyl (C=O) groups excluding carboxylic acids is 1. The summed E-state index contributed by atoms with van der Waals surface area (Å²) < 4.78 is 25.9. The van der Waals surface area contributed by atoms with Gasteiger partial charge in [-0.05, 0) is 24.3 Å². The second-order valence-electron chi connectivity index (χ2n) is 5.77. The molecule has 0 saturated heterocycles. The number of benzene rings is 2. The molecule has 0 fully saturated rings. The number of oxime groups is 1. The summed E-state index contributed by atoms with van der Waals surface area (Å²) in [6.45, 7) is 0. The molecular formula is C20H15Cl2FN4O4. The van der Waals surface area contributed by atoms with E-state index in [2.05, 4.69) is 25.3 Å². The monoisotopic (exact) mass is 464 g/mol. The van der Waals surface area contributed by atoms with Gasteiger partial charge >= 0.3 is 0 Å². The van der Waals surface area contributed by atoms with Gasteiger partial charge in [-0.25, -0.2) is 14.4 Å². The SMILES string of the molecule is CNC(=O)/C(=N/OC)c1c(F)cccc1Oc1cc(Oc2cccc(Cl)c2Cl)ncn1. The van der Waals surface area contributed by atoms with Gasteiger partial charge in [-0.2, -0.15) is 0 Å². The Labute approximate surface area is 186 Å². The summed E-state index contributed by atoms with van der Waals surface area (Å²) in [6, 6.07) is 10.3. The van der Waals surface area contributed by atoms with Gasteiger partial charge in [-0.1, -0.05) is 40.5 Å². The maximum atomic E-state index is 14.6. The van der Waals surface area contributed by atoms with Crippen LogP contribution in [0.5, 0.6) is 23.3 Å². The zero-order valence-corrected chi connectivity index (χ0v) is 17.7. The molecule has 3 rings (SSSR count). The van der Waals surface area contributed by atoms with Gasteiger partial charge in [-0.3, -0.25) is 4.79 Å². The Balaban J connectivity index is 1.94. The number of likely N-dealkylation sites (N-methyl/N-ethyl adjacent to an activating group) is 1. The molecule has 0 radical (unpaired) electrons. The van der Waals surface area contributed by atoms with Crippen LogP contribution in [-0.4, -0.2) is 35.7 Å². The van der Waals surface area contributed by atoms with Crippen molar-refractivity contribution in [1.29, 1.82) is 0 Å². The van der Waals surface area contributed by atoms with Gasteiger partial charge < -0.3 is 19.6 Å². The van der Waals surface area contributed by atoms with Gasteiger partial charge in [0.25, 0.3) is 5.91 Å². The third-order valence-electron chi connectivity index (χ3n) is 3.80. The van der Waals surface area contributed by atoms with Crippen molar-refractivity contribution >= 4 is 34.8 Å². The predicted octanol–water partition coefficient (Wildman–Crippen LogP) is 4.60. The molecule has 160 valence electrons. The van der Waals surface area contributed by atoms with Crippen LogP contribution in [0.4, 0.5) is 4.39 Å². The number of hydrogen-bond acceptors (Lipinski definition) is 7. The molecule has 1 amide bonds. The number of nitrogens with zero attached hydrogens (tertiary/aromatic N) is 3. The average molecular weight is 465 g/mol. The fourth-order valence-electron chi connectivity index (χ4n) is 2.45. The molecule has 0 aliphatic rings. The molecule has 0 bridgehead atoms. The highest BCUT2D eigenvalue weighted by Gasteiger charge is 2.23. The van der Waals surface area contributed by atoms with Crippen molar-refractivity contribution in [3.63, 3.8) is 0 Å². The highest BCUT2D eigenvalue weighted by molar-refractivity contribution is 6.45. The van der Waals surface area contributed by atoms with E-state index in [0.29, 0.717) is 5.02 Å². The summed E-state index contributed by atoms with van der Waals surface area (Å²) in [5.41, 5.74) is -0.517. The minimum atomic E-state index is -0.742. The van der Waals surface area contributed by atoms with E-state index >= 15 is 0 Å². The van der Waals surface area contributed by atoms with E-state index in [1.165, 1.54) is 38.7 Å². The fourth-order valence-corrected chi connectivity index (χ4v) is 2.78. The van der Waals surface area contributed by atoms with Crippen LogP contribution in [0, 0.1) is 5.82 Å². The maximum Gasteiger partial charge on any atom is 0.273 e. The average Bonchev–Trinajstić information content (AvgIpc) is 2.76. The first-order chi connectivity index (χ1) is 14.9. The van der Waals surface area contributed by atoms with Crippen LogP contribution in [0.25, 0.3) is 0 Å². The molecule has 0 spiro atoms. The van der Waals surface area contributed by atoms with E-state index in [-0.39, 0.29) is 39.6 Å². The van der Waals surface area contributed by atoms with Crippen molar-refractivity contribution in [3.8, 4) is 23.3 Å². The number of amides is 1. The van der Waals surface area contributed by atoms with Gasteiger partial charge in [0, 0.05) is 7.05 Å². The first kappa shape index (κ1) is 22.3. The third kappa shape index (κ3) is 5.19. The number of halogens is 3. The molecule has 8 nitrogen and oxygen atoms in total. The predicted molar refractivity (Wildman–Crippen MR) is 113 cm³/mol. The molecule has 0 saturated carbocycles. The molecule has 0 unspecified atom stereocenters. The van der Waals surface area contributed by atoms with Gasteiger partial charge in [-0.15, -0.1) is 0 Å². The summed E-state index contributed by atoms with van der Waals surface area (Å²) in [5, 5.41) is 6.52. The van der Waals surface area contributed by atoms with E-state index < -0.39 is 11.7 Å². The Morgan fingerprint density at radius 1 is 1.06 bits per heavy atom. The Morgan fingerprint density at radius 3 is 2.39 bits per heavy atom. The van der Waals surface area contributed by atoms with E-state index in [0.717, 1.165) is 6.07 Å². The van der Waals surface area contributed by atoms with Crippen molar-refractivity contribution in [2.75, 3.05) is 14.2 Å². The summed E-state index contributed by atoms with van der Waals surface area (Å²) >= 11 is 12.1. The summed E-state index contributed by atoms with van der Waals surface area (Å²) in [6.07, 6.45) is 1.19. The zero-order chi connectivity index (χ0) is 22.4. The minimum Gasteiger partial charge on any atom is -0.438 e. The van der Waals surface area contributed by atoms with Crippen molar-refractivity contribution in [3.05, 3.63) is 70.2 Å². The Bertz CT molecular complexity index is 1140. The smallest absolute Gasteiger partial charge is 0.273 e. The zero-order valence-electron chi connectivity index (χ0n) is 16.2. The molecule has 2 aromatic carbocycles. The number of rotatable bonds is 7. The lowest BCUT2D eigenvalue weighted by atomic mass is 10.1. The second kappa shape index (κ2) is 10.1. The van der Waals surface area contributed by atoms with E-state index in [1.54, 1.807) is 18.2 Å². The maximum absolute atomic E-state index is 14.6. The number of nitrogens with one attached hydrogen (secondary N) is 1. The minimum absolute atomic E-state index is 0.0173. The van der Waals surface area contributed by atoms with Crippen LogP contribution >= 0.6 is 23.2 Å². The van der Waals surface area contributed by atoms with E-state index in [4.69, 9.17) is 32.7 Å². The highest BCUT2D eigenvalue weighted by atomic mass is 35.5. The standard InChI is InChI=1S/C20H15Cl2FN4O4/c1-24-20(28)19(27-29-2)17-12(23)6-4-7-13(17)30-15-9-16(26-10-25-15)31-14-8-3-5-11(21)18(14)22/h3-10H,1-2H3,(H,24,28)/b27-19+. The lowest BCUT2D eigenvalue weighted by Crippen LogP contribution is -2.29. The van der Waals surface area contributed by atoms with Gasteiger partial charge in [0.1, 0.15) is 35.8 Å². The normalized spacial score (nSPS) is 11.1. The molecule has 0 aliphatic heterocycles. The molecule has 0 atom stereocenters. The molecule has 1 aromatic heterocycles. The first-order valence-corrected chi connectivity index (χ1v) is 9.44. The van der Waals surface area contributed by atoms with Crippen molar-refractivity contribution in [2.45, 2.75) is 0 Å². The summed E-state index contributed by atoms with van der Waals surface area (Å²) in [7, 11) is 2.61. The first-order valence-electron chi connectivity index (χ1n) is 8.68. The van der Waals surface area contributed by atoms with E-state index in [1.807, 2.05) is 0 Å². The third-order valence-corrected chi connectivity index (χ3v) is 4.60. The quantitative estimate of drug-likeness (QED) is 0.405. The molecule has 0 aliphatic carbocycles. The van der Waals surface area contributed by atoms with Crippen LogP contribution in [0.1, 0.15) is 5.56 Å². The lowest BCUT2D eigenvalue weighted by Gasteiger charge is -2.13. The highest BCUT2D eigenvalue weighted by Crippen LogP contribution is 2.35. The van der Waals surface area contributed by atoms with Gasteiger partial charge in [0.15, 0.2) is 5.71 Å². The van der Waals surface area contributed by atoms with Crippen LogP contribution in [0.15, 0.2) is 53.9 Å². The number of aromatic nitrogens is 2. The van der Waals surface area contributed by atoms with Crippen LogP contribution in [0.3, 0.4) is 0 Å². The lowest BCUT2D eigenvalue weighted by molar-refractivity contribution is -0.114. The molecular weight excluding hydrogens is 450 g/mol. The molecule has 31 heavy (non-hydrogen) atoms. The fraction of sp³-hybridized carbons (Fsp3) is 0.100. The number of carbonyl (C=O) groups is 1. The second-order valence-corrected chi connectivity index (χ2v) is 6.55. The topological polar surface area (TPSA) is 94.9 Å². The van der Waals surface area contributed by atoms with Gasteiger partial charge in [0.05, 0.1) is 16.7 Å². The van der Waals surface area contributed by atoms with Gasteiger partial charge in [0.2, 0.25) is 11.8 Å². The largest absolute Gasteiger partial charge is 0.438 e. The number of hydrogen-bond donors (Lipinski definition) is 1. The molecule has 3 aromatic rings.